The van der Waals surface area contributed by atoms with Gasteiger partial charge in [0, 0.05) is 13.2 Å². The Kier molecular flexibility index (Phi) is 5.97. The van der Waals surface area contributed by atoms with E-state index < -0.39 is 31.7 Å². The molecule has 3 nitrogen and oxygen atoms in total. The van der Waals surface area contributed by atoms with E-state index in [2.05, 4.69) is 0 Å². The second kappa shape index (κ2) is 6.76. The van der Waals surface area contributed by atoms with Gasteiger partial charge in [-0.3, -0.25) is 9.59 Å². The first-order chi connectivity index (χ1) is 7.96. The van der Waals surface area contributed by atoms with Crippen molar-refractivity contribution in [2.45, 2.75) is 12.8 Å². The standard InChI is InChI=1S/C6Cl4O2.C4H8O/c7-1-2(8)6(12)4(10)3(9)5(1)11;1-2-4-5-3-1/h;1-4H2. The number of rotatable bonds is 0. The summed E-state index contributed by atoms with van der Waals surface area (Å²) in [5.41, 5.74) is 0. The molecule has 7 heteroatoms. The summed E-state index contributed by atoms with van der Waals surface area (Å²) < 4.78 is 4.94. The Bertz CT molecular complexity index is 338. The van der Waals surface area contributed by atoms with E-state index in [4.69, 9.17) is 51.1 Å². The van der Waals surface area contributed by atoms with Crippen LogP contribution in [0.2, 0.25) is 0 Å². The van der Waals surface area contributed by atoms with Crippen LogP contribution in [0.4, 0.5) is 0 Å². The van der Waals surface area contributed by atoms with Crippen LogP contribution in [0.3, 0.4) is 0 Å². The van der Waals surface area contributed by atoms with Gasteiger partial charge in [0.1, 0.15) is 20.1 Å². The first kappa shape index (κ1) is 15.0. The number of ketones is 2. The third-order valence-electron chi connectivity index (χ3n) is 2.01. The fraction of sp³-hybridized carbons (Fsp3) is 0.400. The van der Waals surface area contributed by atoms with E-state index in [1.807, 2.05) is 0 Å². The average molecular weight is 318 g/mol. The number of hydrogen-bond acceptors (Lipinski definition) is 3. The third-order valence-corrected chi connectivity index (χ3v) is 3.65. The van der Waals surface area contributed by atoms with Gasteiger partial charge in [-0.25, -0.2) is 0 Å². The highest BCUT2D eigenvalue weighted by atomic mass is 35.5. The van der Waals surface area contributed by atoms with Crippen LogP contribution in [0.5, 0.6) is 0 Å². The van der Waals surface area contributed by atoms with Crippen molar-refractivity contribution in [3.8, 4) is 0 Å². The van der Waals surface area contributed by atoms with Gasteiger partial charge in [0.15, 0.2) is 0 Å². The Balaban J connectivity index is 0.000000239. The molecule has 0 atom stereocenters. The van der Waals surface area contributed by atoms with Crippen molar-refractivity contribution in [3.63, 3.8) is 0 Å². The molecule has 17 heavy (non-hydrogen) atoms. The molecule has 1 aliphatic carbocycles. The molecule has 1 aliphatic heterocycles. The van der Waals surface area contributed by atoms with Crippen molar-refractivity contribution in [1.82, 2.24) is 0 Å². The minimum absolute atomic E-state index is 0.393. The van der Waals surface area contributed by atoms with Gasteiger partial charge in [0.25, 0.3) is 0 Å². The zero-order chi connectivity index (χ0) is 13.0. The molecular formula is C10H8Cl4O3. The molecule has 0 aromatic rings. The maximum atomic E-state index is 11.0. The highest BCUT2D eigenvalue weighted by Crippen LogP contribution is 2.32. The first-order valence-electron chi connectivity index (χ1n) is 4.74. The Labute approximate surface area is 118 Å². The van der Waals surface area contributed by atoms with Gasteiger partial charge < -0.3 is 4.74 Å². The van der Waals surface area contributed by atoms with Crippen LogP contribution in [0.15, 0.2) is 20.1 Å². The maximum absolute atomic E-state index is 11.0. The molecule has 0 aromatic heterocycles. The topological polar surface area (TPSA) is 43.4 Å². The summed E-state index contributed by atoms with van der Waals surface area (Å²) in [5, 5.41) is -1.57. The molecule has 1 saturated heterocycles. The molecule has 2 rings (SSSR count). The number of halogens is 4. The normalized spacial score (nSPS) is 20.7. The van der Waals surface area contributed by atoms with Crippen LogP contribution in [-0.2, 0) is 14.3 Å². The van der Waals surface area contributed by atoms with E-state index in [1.54, 1.807) is 0 Å². The monoisotopic (exact) mass is 316 g/mol. The number of Topliss-reactive ketones (excluding diaryl/α,β-unsaturated/α-hetero) is 2. The zero-order valence-corrected chi connectivity index (χ0v) is 11.6. The van der Waals surface area contributed by atoms with Gasteiger partial charge in [-0.2, -0.15) is 0 Å². The molecule has 0 bridgehead atoms. The average Bonchev–Trinajstić information content (AvgIpc) is 2.90. The van der Waals surface area contributed by atoms with Gasteiger partial charge in [0.05, 0.1) is 0 Å². The van der Waals surface area contributed by atoms with Crippen molar-refractivity contribution in [2.24, 2.45) is 0 Å². The van der Waals surface area contributed by atoms with E-state index in [0.717, 1.165) is 13.2 Å². The van der Waals surface area contributed by atoms with Crippen molar-refractivity contribution in [1.29, 1.82) is 0 Å². The zero-order valence-electron chi connectivity index (χ0n) is 8.57. The summed E-state index contributed by atoms with van der Waals surface area (Å²) in [6.45, 7) is 2.00. The fourth-order valence-corrected chi connectivity index (χ4v) is 1.92. The second-order valence-electron chi connectivity index (χ2n) is 3.23. The first-order valence-corrected chi connectivity index (χ1v) is 6.25. The predicted molar refractivity (Wildman–Crippen MR) is 67.5 cm³/mol. The fourth-order valence-electron chi connectivity index (χ4n) is 1.10. The van der Waals surface area contributed by atoms with Crippen LogP contribution in [0.1, 0.15) is 12.8 Å². The minimum Gasteiger partial charge on any atom is -0.381 e. The highest BCUT2D eigenvalue weighted by Gasteiger charge is 2.31. The summed E-state index contributed by atoms with van der Waals surface area (Å²) in [7, 11) is 0. The molecule has 0 amide bonds. The Hall–Kier alpha value is -0.0600. The van der Waals surface area contributed by atoms with Gasteiger partial charge >= 0.3 is 0 Å². The van der Waals surface area contributed by atoms with Crippen LogP contribution >= 0.6 is 46.4 Å². The molecule has 0 spiro atoms. The summed E-state index contributed by atoms with van der Waals surface area (Å²) >= 11 is 21.5. The minimum atomic E-state index is -0.729. The van der Waals surface area contributed by atoms with Crippen molar-refractivity contribution in [3.05, 3.63) is 20.1 Å². The Morgan fingerprint density at radius 3 is 1.18 bits per heavy atom. The van der Waals surface area contributed by atoms with E-state index in [0.29, 0.717) is 0 Å². The smallest absolute Gasteiger partial charge is 0.219 e. The van der Waals surface area contributed by atoms with Crippen molar-refractivity contribution in [2.75, 3.05) is 13.2 Å². The van der Waals surface area contributed by atoms with Crippen LogP contribution < -0.4 is 0 Å². The van der Waals surface area contributed by atoms with Crippen molar-refractivity contribution < 1.29 is 14.3 Å². The van der Waals surface area contributed by atoms with E-state index in [9.17, 15) is 9.59 Å². The Morgan fingerprint density at radius 2 is 1.00 bits per heavy atom. The lowest BCUT2D eigenvalue weighted by Gasteiger charge is -2.08. The van der Waals surface area contributed by atoms with Crippen LogP contribution in [-0.4, -0.2) is 24.8 Å². The molecule has 0 aromatic carbocycles. The molecule has 2 aliphatic rings. The molecule has 0 saturated carbocycles. The number of allylic oxidation sites excluding steroid dienone is 4. The number of ether oxygens (including phenoxy) is 1. The van der Waals surface area contributed by atoms with Crippen molar-refractivity contribution >= 4 is 58.0 Å². The highest BCUT2D eigenvalue weighted by molar-refractivity contribution is 6.69. The lowest BCUT2D eigenvalue weighted by molar-refractivity contribution is -0.114. The predicted octanol–water partition coefficient (Wildman–Crippen LogP) is 3.31. The van der Waals surface area contributed by atoms with Crippen LogP contribution in [0.25, 0.3) is 0 Å². The van der Waals surface area contributed by atoms with Gasteiger partial charge in [-0.15, -0.1) is 0 Å². The molecule has 1 fully saturated rings. The summed E-state index contributed by atoms with van der Waals surface area (Å²) in [5.74, 6) is -1.46. The maximum Gasteiger partial charge on any atom is 0.219 e. The van der Waals surface area contributed by atoms with Gasteiger partial charge in [-0.1, -0.05) is 46.4 Å². The van der Waals surface area contributed by atoms with Gasteiger partial charge in [0.2, 0.25) is 11.6 Å². The lowest BCUT2D eigenvalue weighted by Crippen LogP contribution is -2.14. The quantitative estimate of drug-likeness (QED) is 0.644. The van der Waals surface area contributed by atoms with Gasteiger partial charge in [-0.05, 0) is 12.8 Å². The largest absolute Gasteiger partial charge is 0.381 e. The number of hydrogen-bond donors (Lipinski definition) is 0. The van der Waals surface area contributed by atoms with Crippen LogP contribution in [0, 0.1) is 0 Å². The summed E-state index contributed by atoms with van der Waals surface area (Å²) in [6.07, 6.45) is 2.56. The molecule has 94 valence electrons. The third kappa shape index (κ3) is 3.70. The second-order valence-corrected chi connectivity index (χ2v) is 4.75. The molecular weight excluding hydrogens is 310 g/mol. The molecule has 0 unspecified atom stereocenters. The summed E-state index contributed by atoms with van der Waals surface area (Å²) in [6, 6.07) is 0. The molecule has 0 N–H and O–H groups in total. The van der Waals surface area contributed by atoms with E-state index >= 15 is 0 Å². The SMILES string of the molecule is C1CCOC1.O=C1C(Cl)=C(Cl)C(=O)C(Cl)=C1Cl. The van der Waals surface area contributed by atoms with E-state index in [-0.39, 0.29) is 0 Å². The Morgan fingerprint density at radius 1 is 0.706 bits per heavy atom. The molecule has 1 heterocycles. The summed E-state index contributed by atoms with van der Waals surface area (Å²) in [4.78, 5) is 22.0. The lowest BCUT2D eigenvalue weighted by atomic mass is 10.1. The van der Waals surface area contributed by atoms with E-state index in [1.165, 1.54) is 12.8 Å². The number of carbonyl (C=O) groups excluding carboxylic acids is 2. The number of carbonyl (C=O) groups is 2. The molecule has 0 radical (unpaired) electrons.